The molecule has 1 saturated carbocycles. The summed E-state index contributed by atoms with van der Waals surface area (Å²) in [5.74, 6) is 0.136. The van der Waals surface area contributed by atoms with E-state index in [4.69, 9.17) is 10.5 Å². The van der Waals surface area contributed by atoms with E-state index < -0.39 is 0 Å². The van der Waals surface area contributed by atoms with E-state index >= 15 is 0 Å². The Balaban J connectivity index is 2.06. The van der Waals surface area contributed by atoms with Gasteiger partial charge in [-0.3, -0.25) is 4.79 Å². The van der Waals surface area contributed by atoms with E-state index in [-0.39, 0.29) is 11.3 Å². The minimum atomic E-state index is -0.246. The number of nitrogens with two attached hydrogens (primary N) is 1. The summed E-state index contributed by atoms with van der Waals surface area (Å²) >= 11 is 0. The molecular weight excluding hydrogens is 204 g/mol. The number of rotatable bonds is 8. The summed E-state index contributed by atoms with van der Waals surface area (Å²) in [6.45, 7) is 4.79. The minimum absolute atomic E-state index is 0.136. The molecule has 1 aliphatic carbocycles. The van der Waals surface area contributed by atoms with Crippen molar-refractivity contribution in [1.82, 2.24) is 5.32 Å². The van der Waals surface area contributed by atoms with Crippen LogP contribution in [0.25, 0.3) is 0 Å². The lowest BCUT2D eigenvalue weighted by molar-refractivity contribution is -0.135. The fourth-order valence-corrected chi connectivity index (χ4v) is 1.94. The van der Waals surface area contributed by atoms with Gasteiger partial charge >= 0.3 is 0 Å². The van der Waals surface area contributed by atoms with E-state index in [1.165, 1.54) is 0 Å². The van der Waals surface area contributed by atoms with Crippen LogP contribution >= 0.6 is 0 Å². The second-order valence-corrected chi connectivity index (χ2v) is 4.56. The largest absolute Gasteiger partial charge is 0.381 e. The highest BCUT2D eigenvalue weighted by Gasteiger charge is 2.42. The molecule has 0 aliphatic heterocycles. The van der Waals surface area contributed by atoms with Crippen LogP contribution in [0.1, 0.15) is 39.0 Å². The molecule has 0 unspecified atom stereocenters. The van der Waals surface area contributed by atoms with E-state index in [0.29, 0.717) is 13.1 Å². The maximum Gasteiger partial charge on any atom is 0.227 e. The highest BCUT2D eigenvalue weighted by Crippen LogP contribution is 2.39. The third-order valence-electron chi connectivity index (χ3n) is 3.28. The summed E-state index contributed by atoms with van der Waals surface area (Å²) < 4.78 is 5.34. The van der Waals surface area contributed by atoms with Crippen molar-refractivity contribution in [3.63, 3.8) is 0 Å². The fourth-order valence-electron chi connectivity index (χ4n) is 1.94. The van der Waals surface area contributed by atoms with E-state index in [2.05, 4.69) is 12.2 Å². The van der Waals surface area contributed by atoms with E-state index in [9.17, 15) is 4.79 Å². The molecule has 1 rings (SSSR count). The van der Waals surface area contributed by atoms with Gasteiger partial charge < -0.3 is 15.8 Å². The molecule has 16 heavy (non-hydrogen) atoms. The number of hydrogen-bond acceptors (Lipinski definition) is 3. The second kappa shape index (κ2) is 6.86. The molecule has 0 radical (unpaired) electrons. The van der Waals surface area contributed by atoms with Crippen molar-refractivity contribution in [2.45, 2.75) is 39.0 Å². The minimum Gasteiger partial charge on any atom is -0.381 e. The van der Waals surface area contributed by atoms with E-state index in [0.717, 1.165) is 45.3 Å². The number of amides is 1. The third-order valence-corrected chi connectivity index (χ3v) is 3.28. The van der Waals surface area contributed by atoms with Crippen molar-refractivity contribution in [3.8, 4) is 0 Å². The van der Waals surface area contributed by atoms with Crippen LogP contribution in [0.4, 0.5) is 0 Å². The molecule has 4 nitrogen and oxygen atoms in total. The van der Waals surface area contributed by atoms with Gasteiger partial charge in [0, 0.05) is 26.3 Å². The van der Waals surface area contributed by atoms with Gasteiger partial charge in [-0.25, -0.2) is 0 Å². The lowest BCUT2D eigenvalue weighted by atomic mass is 9.68. The van der Waals surface area contributed by atoms with Gasteiger partial charge in [-0.05, 0) is 25.7 Å². The lowest BCUT2D eigenvalue weighted by Gasteiger charge is -2.39. The first-order valence-electron chi connectivity index (χ1n) is 6.31. The zero-order valence-electron chi connectivity index (χ0n) is 10.3. The van der Waals surface area contributed by atoms with Crippen LogP contribution in [0, 0.1) is 5.41 Å². The zero-order chi connectivity index (χ0) is 11.9. The standard InChI is InChI=1S/C12H24N2O2/c1-2-8-16-9-4-7-14-11(15)12(10-13)5-3-6-12/h2-10,13H2,1H3,(H,14,15). The van der Waals surface area contributed by atoms with Gasteiger partial charge in [-0.2, -0.15) is 0 Å². The summed E-state index contributed by atoms with van der Waals surface area (Å²) in [5, 5.41) is 2.95. The molecule has 0 bridgehead atoms. The summed E-state index contributed by atoms with van der Waals surface area (Å²) in [7, 11) is 0. The normalized spacial score (nSPS) is 17.9. The van der Waals surface area contributed by atoms with Gasteiger partial charge in [0.05, 0.1) is 5.41 Å². The summed E-state index contributed by atoms with van der Waals surface area (Å²) in [6, 6.07) is 0. The van der Waals surface area contributed by atoms with Crippen molar-refractivity contribution in [3.05, 3.63) is 0 Å². The van der Waals surface area contributed by atoms with Gasteiger partial charge in [-0.15, -0.1) is 0 Å². The molecule has 0 aromatic carbocycles. The first kappa shape index (κ1) is 13.5. The molecule has 0 heterocycles. The number of carbonyl (C=O) groups is 1. The van der Waals surface area contributed by atoms with Crippen LogP contribution in [0.3, 0.4) is 0 Å². The van der Waals surface area contributed by atoms with Gasteiger partial charge in [0.1, 0.15) is 0 Å². The Hall–Kier alpha value is -0.610. The summed E-state index contributed by atoms with van der Waals surface area (Å²) in [4.78, 5) is 11.8. The number of hydrogen-bond donors (Lipinski definition) is 2. The Bertz CT molecular complexity index is 210. The molecule has 94 valence electrons. The van der Waals surface area contributed by atoms with E-state index in [1.807, 2.05) is 0 Å². The summed E-state index contributed by atoms with van der Waals surface area (Å²) in [5.41, 5.74) is 5.41. The molecule has 1 amide bonds. The Morgan fingerprint density at radius 1 is 1.44 bits per heavy atom. The second-order valence-electron chi connectivity index (χ2n) is 4.56. The zero-order valence-corrected chi connectivity index (χ0v) is 10.3. The van der Waals surface area contributed by atoms with Gasteiger partial charge in [-0.1, -0.05) is 13.3 Å². The Labute approximate surface area is 97.9 Å². The first-order chi connectivity index (χ1) is 7.75. The van der Waals surface area contributed by atoms with Crippen molar-refractivity contribution < 1.29 is 9.53 Å². The molecule has 0 saturated heterocycles. The van der Waals surface area contributed by atoms with Crippen LogP contribution in [0.15, 0.2) is 0 Å². The molecule has 4 heteroatoms. The monoisotopic (exact) mass is 228 g/mol. The van der Waals surface area contributed by atoms with Crippen LogP contribution in [0.2, 0.25) is 0 Å². The predicted octanol–water partition coefficient (Wildman–Crippen LogP) is 1.05. The highest BCUT2D eigenvalue weighted by atomic mass is 16.5. The Morgan fingerprint density at radius 3 is 2.69 bits per heavy atom. The molecule has 1 fully saturated rings. The van der Waals surface area contributed by atoms with Crippen LogP contribution in [-0.2, 0) is 9.53 Å². The molecule has 0 aromatic rings. The smallest absolute Gasteiger partial charge is 0.227 e. The van der Waals surface area contributed by atoms with Gasteiger partial charge in [0.15, 0.2) is 0 Å². The van der Waals surface area contributed by atoms with Crippen LogP contribution in [0.5, 0.6) is 0 Å². The predicted molar refractivity (Wildman–Crippen MR) is 64.1 cm³/mol. The topological polar surface area (TPSA) is 64.3 Å². The maximum absolute atomic E-state index is 11.8. The molecule has 0 atom stereocenters. The molecule has 1 aliphatic rings. The first-order valence-corrected chi connectivity index (χ1v) is 6.31. The SMILES string of the molecule is CCCOCCCNC(=O)C1(CN)CCC1. The van der Waals surface area contributed by atoms with Gasteiger partial charge in [0.2, 0.25) is 5.91 Å². The number of ether oxygens (including phenoxy) is 1. The molecule has 0 aromatic heterocycles. The van der Waals surface area contributed by atoms with Gasteiger partial charge in [0.25, 0.3) is 0 Å². The van der Waals surface area contributed by atoms with Crippen molar-refractivity contribution in [2.24, 2.45) is 11.1 Å². The molecule has 3 N–H and O–H groups in total. The summed E-state index contributed by atoms with van der Waals surface area (Å²) in [6.07, 6.45) is 4.95. The number of carbonyl (C=O) groups excluding carboxylic acids is 1. The Morgan fingerprint density at radius 2 is 2.19 bits per heavy atom. The number of nitrogens with one attached hydrogen (secondary N) is 1. The third kappa shape index (κ3) is 3.46. The average Bonchev–Trinajstić information content (AvgIpc) is 2.22. The van der Waals surface area contributed by atoms with Crippen molar-refractivity contribution >= 4 is 5.91 Å². The molecular formula is C12H24N2O2. The lowest BCUT2D eigenvalue weighted by Crippen LogP contribution is -2.50. The fraction of sp³-hybridized carbons (Fsp3) is 0.917. The van der Waals surface area contributed by atoms with Crippen molar-refractivity contribution in [1.29, 1.82) is 0 Å². The quantitative estimate of drug-likeness (QED) is 0.610. The van der Waals surface area contributed by atoms with Crippen LogP contribution in [-0.4, -0.2) is 32.2 Å². The average molecular weight is 228 g/mol. The highest BCUT2D eigenvalue weighted by molar-refractivity contribution is 5.83. The van der Waals surface area contributed by atoms with Crippen molar-refractivity contribution in [2.75, 3.05) is 26.3 Å². The van der Waals surface area contributed by atoms with Crippen LogP contribution < -0.4 is 11.1 Å². The van der Waals surface area contributed by atoms with E-state index in [1.54, 1.807) is 0 Å². The Kier molecular flexibility index (Phi) is 5.77. The molecule has 0 spiro atoms. The maximum atomic E-state index is 11.8.